The fraction of sp³-hybridized carbons (Fsp3) is 0.222. The summed E-state index contributed by atoms with van der Waals surface area (Å²) in [6.45, 7) is 3.98. The summed E-state index contributed by atoms with van der Waals surface area (Å²) < 4.78 is 18.5. The van der Waals surface area contributed by atoms with Crippen molar-refractivity contribution in [1.29, 1.82) is 0 Å². The van der Waals surface area contributed by atoms with Gasteiger partial charge in [0, 0.05) is 17.8 Å². The maximum Gasteiger partial charge on any atom is 0.313 e. The zero-order valence-corrected chi connectivity index (χ0v) is 13.5. The number of para-hydroxylation sites is 1. The third-order valence-corrected chi connectivity index (χ3v) is 3.08. The molecule has 2 amide bonds. The average molecular weight is 330 g/mol. The van der Waals surface area contributed by atoms with Crippen LogP contribution in [0, 0.1) is 5.82 Å². The lowest BCUT2D eigenvalue weighted by Gasteiger charge is -2.14. The Bertz CT molecular complexity index is 714. The van der Waals surface area contributed by atoms with Gasteiger partial charge < -0.3 is 15.4 Å². The highest BCUT2D eigenvalue weighted by Crippen LogP contribution is 2.19. The highest BCUT2D eigenvalue weighted by atomic mass is 19.1. The Morgan fingerprint density at radius 3 is 2.38 bits per heavy atom. The molecule has 2 rings (SSSR count). The zero-order valence-electron chi connectivity index (χ0n) is 13.5. The summed E-state index contributed by atoms with van der Waals surface area (Å²) in [6.07, 6.45) is 0.00336. The number of carbonyl (C=O) groups is 2. The summed E-state index contributed by atoms with van der Waals surface area (Å²) in [6, 6.07) is 12.5. The Hall–Kier alpha value is -2.89. The minimum atomic E-state index is -0.816. The number of anilines is 1. The van der Waals surface area contributed by atoms with E-state index in [0.717, 1.165) is 5.56 Å². The van der Waals surface area contributed by atoms with Crippen LogP contribution in [0.1, 0.15) is 19.4 Å². The van der Waals surface area contributed by atoms with Crippen LogP contribution in [0.4, 0.5) is 10.1 Å². The van der Waals surface area contributed by atoms with Crippen LogP contribution >= 0.6 is 0 Å². The number of halogens is 1. The number of carbonyl (C=O) groups excluding carboxylic acids is 2. The monoisotopic (exact) mass is 330 g/mol. The number of amides is 2. The van der Waals surface area contributed by atoms with Crippen molar-refractivity contribution in [1.82, 2.24) is 5.32 Å². The minimum Gasteiger partial charge on any atom is -0.491 e. The molecule has 5 nitrogen and oxygen atoms in total. The van der Waals surface area contributed by atoms with Crippen molar-refractivity contribution in [3.63, 3.8) is 0 Å². The van der Waals surface area contributed by atoms with Gasteiger partial charge in [-0.25, -0.2) is 4.39 Å². The quantitative estimate of drug-likeness (QED) is 0.829. The Kier molecular flexibility index (Phi) is 5.89. The van der Waals surface area contributed by atoms with Gasteiger partial charge in [-0.3, -0.25) is 9.59 Å². The molecule has 0 atom stereocenters. The van der Waals surface area contributed by atoms with Crippen molar-refractivity contribution in [2.24, 2.45) is 0 Å². The van der Waals surface area contributed by atoms with Gasteiger partial charge in [0.1, 0.15) is 11.6 Å². The van der Waals surface area contributed by atoms with Gasteiger partial charge in [-0.05, 0) is 44.2 Å². The topological polar surface area (TPSA) is 67.4 Å². The van der Waals surface area contributed by atoms with Crippen LogP contribution in [0.2, 0.25) is 0 Å². The number of hydrogen-bond acceptors (Lipinski definition) is 3. The fourth-order valence-corrected chi connectivity index (χ4v) is 2.00. The second kappa shape index (κ2) is 8.10. The molecule has 0 fully saturated rings. The second-order valence-corrected chi connectivity index (χ2v) is 5.42. The van der Waals surface area contributed by atoms with Crippen LogP contribution in [0.5, 0.6) is 5.75 Å². The first-order valence-electron chi connectivity index (χ1n) is 7.55. The van der Waals surface area contributed by atoms with Crippen LogP contribution in [0.25, 0.3) is 0 Å². The first kappa shape index (κ1) is 17.5. The summed E-state index contributed by atoms with van der Waals surface area (Å²) in [5, 5.41) is 4.94. The third-order valence-electron chi connectivity index (χ3n) is 3.08. The summed E-state index contributed by atoms with van der Waals surface area (Å²) in [5.74, 6) is -1.35. The Balaban J connectivity index is 1.93. The zero-order chi connectivity index (χ0) is 17.5. The molecular formula is C18H19FN2O3. The van der Waals surface area contributed by atoms with E-state index in [4.69, 9.17) is 4.74 Å². The summed E-state index contributed by atoms with van der Waals surface area (Å²) in [5.41, 5.74) is 1.12. The number of ether oxygens (including phenoxy) is 1. The lowest BCUT2D eigenvalue weighted by molar-refractivity contribution is -0.136. The van der Waals surface area contributed by atoms with E-state index < -0.39 is 17.6 Å². The highest BCUT2D eigenvalue weighted by molar-refractivity contribution is 6.39. The van der Waals surface area contributed by atoms with Gasteiger partial charge in [-0.1, -0.05) is 18.2 Å². The molecule has 0 saturated carbocycles. The maximum atomic E-state index is 12.8. The first-order chi connectivity index (χ1) is 11.5. The van der Waals surface area contributed by atoms with Crippen molar-refractivity contribution in [3.8, 4) is 5.75 Å². The third kappa shape index (κ3) is 5.08. The molecule has 0 heterocycles. The molecule has 126 valence electrons. The van der Waals surface area contributed by atoms with Gasteiger partial charge in [0.15, 0.2) is 0 Å². The lowest BCUT2D eigenvalue weighted by Crippen LogP contribution is -2.35. The molecule has 0 spiro atoms. The van der Waals surface area contributed by atoms with E-state index in [0.29, 0.717) is 11.4 Å². The second-order valence-electron chi connectivity index (χ2n) is 5.42. The first-order valence-corrected chi connectivity index (χ1v) is 7.55. The van der Waals surface area contributed by atoms with Crippen molar-refractivity contribution < 1.29 is 18.7 Å². The molecule has 24 heavy (non-hydrogen) atoms. The van der Waals surface area contributed by atoms with Gasteiger partial charge in [-0.15, -0.1) is 0 Å². The van der Waals surface area contributed by atoms with E-state index in [-0.39, 0.29) is 12.6 Å². The predicted molar refractivity (Wildman–Crippen MR) is 89.1 cm³/mol. The molecule has 2 N–H and O–H groups in total. The van der Waals surface area contributed by atoms with E-state index in [1.54, 1.807) is 6.07 Å². The van der Waals surface area contributed by atoms with Gasteiger partial charge >= 0.3 is 11.8 Å². The summed E-state index contributed by atoms with van der Waals surface area (Å²) >= 11 is 0. The molecule has 0 bridgehead atoms. The average Bonchev–Trinajstić information content (AvgIpc) is 2.55. The molecule has 0 aromatic heterocycles. The van der Waals surface area contributed by atoms with Crippen molar-refractivity contribution >= 4 is 17.5 Å². The molecular weight excluding hydrogens is 311 g/mol. The summed E-state index contributed by atoms with van der Waals surface area (Å²) in [4.78, 5) is 23.7. The van der Waals surface area contributed by atoms with E-state index >= 15 is 0 Å². The summed E-state index contributed by atoms with van der Waals surface area (Å²) in [7, 11) is 0. The Morgan fingerprint density at radius 2 is 1.71 bits per heavy atom. The van der Waals surface area contributed by atoms with Crippen LogP contribution in [0.15, 0.2) is 48.5 Å². The fourth-order valence-electron chi connectivity index (χ4n) is 2.00. The molecule has 2 aromatic rings. The van der Waals surface area contributed by atoms with E-state index in [1.807, 2.05) is 32.0 Å². The van der Waals surface area contributed by atoms with Crippen LogP contribution < -0.4 is 15.4 Å². The normalized spacial score (nSPS) is 10.3. The number of hydrogen-bond donors (Lipinski definition) is 2. The Labute approximate surface area is 139 Å². The molecule has 0 unspecified atom stereocenters. The van der Waals surface area contributed by atoms with Crippen LogP contribution in [-0.4, -0.2) is 17.9 Å². The molecule has 0 aliphatic heterocycles. The van der Waals surface area contributed by atoms with Gasteiger partial charge in [-0.2, -0.15) is 0 Å². The van der Waals surface area contributed by atoms with E-state index in [1.165, 1.54) is 24.3 Å². The van der Waals surface area contributed by atoms with Gasteiger partial charge in [0.25, 0.3) is 0 Å². The lowest BCUT2D eigenvalue weighted by atomic mass is 10.2. The molecule has 0 saturated heterocycles. The molecule has 0 aliphatic carbocycles. The van der Waals surface area contributed by atoms with Crippen molar-refractivity contribution in [2.45, 2.75) is 26.5 Å². The molecule has 6 heteroatoms. The standard InChI is InChI=1S/C18H19FN2O3/c1-12(2)24-16-6-4-3-5-13(16)11-20-17(22)18(23)21-15-9-7-14(19)8-10-15/h3-10,12H,11H2,1-2H3,(H,20,22)(H,21,23). The number of benzene rings is 2. The number of nitrogens with one attached hydrogen (secondary N) is 2. The highest BCUT2D eigenvalue weighted by Gasteiger charge is 2.14. The molecule has 0 aliphatic rings. The smallest absolute Gasteiger partial charge is 0.313 e. The minimum absolute atomic E-state index is 0.00336. The van der Waals surface area contributed by atoms with Gasteiger partial charge in [0.2, 0.25) is 0 Å². The van der Waals surface area contributed by atoms with E-state index in [2.05, 4.69) is 10.6 Å². The van der Waals surface area contributed by atoms with Crippen molar-refractivity contribution in [2.75, 3.05) is 5.32 Å². The SMILES string of the molecule is CC(C)Oc1ccccc1CNC(=O)C(=O)Nc1ccc(F)cc1. The molecule has 0 radical (unpaired) electrons. The molecule has 2 aromatic carbocycles. The maximum absolute atomic E-state index is 12.8. The number of rotatable bonds is 5. The van der Waals surface area contributed by atoms with E-state index in [9.17, 15) is 14.0 Å². The largest absolute Gasteiger partial charge is 0.491 e. The van der Waals surface area contributed by atoms with Crippen LogP contribution in [0.3, 0.4) is 0 Å². The Morgan fingerprint density at radius 1 is 1.04 bits per heavy atom. The predicted octanol–water partition coefficient (Wildman–Crippen LogP) is 2.87. The van der Waals surface area contributed by atoms with Gasteiger partial charge in [0.05, 0.1) is 6.10 Å². The van der Waals surface area contributed by atoms with Crippen molar-refractivity contribution in [3.05, 3.63) is 59.9 Å². The van der Waals surface area contributed by atoms with Crippen LogP contribution in [-0.2, 0) is 16.1 Å².